The van der Waals surface area contributed by atoms with Gasteiger partial charge in [-0.05, 0) is 49.9 Å². The normalized spacial score (nSPS) is 29.4. The number of nitrogens with one attached hydrogen (secondary N) is 2. The highest BCUT2D eigenvalue weighted by atomic mass is 16.3. The predicted molar refractivity (Wildman–Crippen MR) is 89.8 cm³/mol. The SMILES string of the molecule is O=C(N[C@H]1C[C@H]2CNC[C@H]2C[C@@H]1O)c1ccc2cnccc2c1O. The molecule has 0 radical (unpaired) electrons. The Morgan fingerprint density at radius 2 is 2.00 bits per heavy atom. The molecule has 1 amide bonds. The summed E-state index contributed by atoms with van der Waals surface area (Å²) in [4.78, 5) is 16.6. The summed E-state index contributed by atoms with van der Waals surface area (Å²) in [5, 5.41) is 28.4. The van der Waals surface area contributed by atoms with Gasteiger partial charge in [-0.2, -0.15) is 0 Å². The van der Waals surface area contributed by atoms with Gasteiger partial charge in [0.2, 0.25) is 0 Å². The maximum Gasteiger partial charge on any atom is 0.255 e. The number of amides is 1. The van der Waals surface area contributed by atoms with Crippen molar-refractivity contribution in [3.05, 3.63) is 36.2 Å². The molecule has 1 aliphatic carbocycles. The van der Waals surface area contributed by atoms with E-state index < -0.39 is 6.10 Å². The summed E-state index contributed by atoms with van der Waals surface area (Å²) in [7, 11) is 0. The summed E-state index contributed by atoms with van der Waals surface area (Å²) in [5.74, 6) is 0.600. The molecule has 1 saturated carbocycles. The molecule has 1 aromatic carbocycles. The Morgan fingerprint density at radius 3 is 2.83 bits per heavy atom. The number of hydrogen-bond donors (Lipinski definition) is 4. The van der Waals surface area contributed by atoms with Gasteiger partial charge in [0.05, 0.1) is 17.7 Å². The quantitative estimate of drug-likeness (QED) is 0.661. The third-order valence-corrected chi connectivity index (χ3v) is 5.40. The van der Waals surface area contributed by atoms with Crippen molar-refractivity contribution in [2.24, 2.45) is 11.8 Å². The van der Waals surface area contributed by atoms with Crippen molar-refractivity contribution in [1.29, 1.82) is 0 Å². The van der Waals surface area contributed by atoms with Crippen LogP contribution in [0.1, 0.15) is 23.2 Å². The van der Waals surface area contributed by atoms with Crippen LogP contribution in [0, 0.1) is 11.8 Å². The molecule has 6 heteroatoms. The summed E-state index contributed by atoms with van der Waals surface area (Å²) in [6, 6.07) is 4.78. The van der Waals surface area contributed by atoms with Gasteiger partial charge in [0, 0.05) is 23.2 Å². The number of rotatable bonds is 2. The van der Waals surface area contributed by atoms with E-state index in [0.29, 0.717) is 23.6 Å². The first-order chi connectivity index (χ1) is 11.6. The minimum Gasteiger partial charge on any atom is -0.506 e. The summed E-state index contributed by atoms with van der Waals surface area (Å²) in [6.07, 6.45) is 4.17. The molecule has 0 spiro atoms. The number of aromatic nitrogens is 1. The second-order valence-corrected chi connectivity index (χ2v) is 6.86. The lowest BCUT2D eigenvalue weighted by atomic mass is 9.77. The molecular weight excluding hydrogens is 306 g/mol. The lowest BCUT2D eigenvalue weighted by Gasteiger charge is -2.35. The van der Waals surface area contributed by atoms with E-state index in [1.807, 2.05) is 0 Å². The van der Waals surface area contributed by atoms with E-state index >= 15 is 0 Å². The molecule has 4 atom stereocenters. The largest absolute Gasteiger partial charge is 0.506 e. The number of phenolic OH excluding ortho intramolecular Hbond substituents is 1. The van der Waals surface area contributed by atoms with Gasteiger partial charge in [-0.15, -0.1) is 0 Å². The lowest BCUT2D eigenvalue weighted by Crippen LogP contribution is -2.49. The van der Waals surface area contributed by atoms with E-state index in [1.54, 1.807) is 30.6 Å². The van der Waals surface area contributed by atoms with Crippen molar-refractivity contribution in [3.63, 3.8) is 0 Å². The predicted octanol–water partition coefficient (Wildman–Crippen LogP) is 1.03. The standard InChI is InChI=1S/C18H21N3O3/c22-16-6-12-9-20-8-11(12)5-15(16)21-18(24)14-2-1-10-7-19-4-3-13(10)17(14)23/h1-4,7,11-12,15-16,20,22-23H,5-6,8-9H2,(H,21,24)/t11-,12+,15-,16-/m0/s1. The van der Waals surface area contributed by atoms with Crippen molar-refractivity contribution in [1.82, 2.24) is 15.6 Å². The second kappa shape index (κ2) is 6.03. The smallest absolute Gasteiger partial charge is 0.255 e. The van der Waals surface area contributed by atoms with Crippen molar-refractivity contribution >= 4 is 16.7 Å². The fourth-order valence-electron chi connectivity index (χ4n) is 4.03. The number of nitrogens with zero attached hydrogens (tertiary/aromatic N) is 1. The molecule has 2 fully saturated rings. The molecule has 126 valence electrons. The molecule has 1 aliphatic heterocycles. The molecule has 24 heavy (non-hydrogen) atoms. The number of fused-ring (bicyclic) bond motifs is 2. The van der Waals surface area contributed by atoms with Crippen LogP contribution in [0.4, 0.5) is 0 Å². The Hall–Kier alpha value is -2.18. The first-order valence-corrected chi connectivity index (χ1v) is 8.39. The Labute approximate surface area is 139 Å². The molecule has 2 aliphatic rings. The fraction of sp³-hybridized carbons (Fsp3) is 0.444. The Kier molecular flexibility index (Phi) is 3.86. The Balaban J connectivity index is 1.55. The number of benzene rings is 1. The van der Waals surface area contributed by atoms with Crippen molar-refractivity contribution < 1.29 is 15.0 Å². The van der Waals surface area contributed by atoms with Gasteiger partial charge >= 0.3 is 0 Å². The summed E-state index contributed by atoms with van der Waals surface area (Å²) in [5.41, 5.74) is 0.229. The first kappa shape index (κ1) is 15.4. The van der Waals surface area contributed by atoms with Crippen LogP contribution in [0.5, 0.6) is 5.75 Å². The van der Waals surface area contributed by atoms with Gasteiger partial charge in [0.25, 0.3) is 5.91 Å². The van der Waals surface area contributed by atoms with Crippen LogP contribution in [-0.4, -0.2) is 46.3 Å². The van der Waals surface area contributed by atoms with Crippen LogP contribution < -0.4 is 10.6 Å². The van der Waals surface area contributed by atoms with Crippen LogP contribution in [0.15, 0.2) is 30.6 Å². The van der Waals surface area contributed by atoms with Gasteiger partial charge in [-0.3, -0.25) is 9.78 Å². The molecule has 2 aromatic rings. The number of hydrogen-bond acceptors (Lipinski definition) is 5. The molecule has 4 N–H and O–H groups in total. The molecule has 1 aromatic heterocycles. The number of phenols is 1. The van der Waals surface area contributed by atoms with Crippen molar-refractivity contribution in [3.8, 4) is 5.75 Å². The molecule has 0 bridgehead atoms. The van der Waals surface area contributed by atoms with Gasteiger partial charge < -0.3 is 20.8 Å². The van der Waals surface area contributed by atoms with Crippen LogP contribution in [0.25, 0.3) is 10.8 Å². The average Bonchev–Trinajstić information content (AvgIpc) is 3.02. The highest BCUT2D eigenvalue weighted by molar-refractivity contribution is 6.03. The van der Waals surface area contributed by atoms with Crippen molar-refractivity contribution in [2.75, 3.05) is 13.1 Å². The molecule has 2 heterocycles. The number of carbonyl (C=O) groups is 1. The van der Waals surface area contributed by atoms with E-state index in [1.165, 1.54) is 0 Å². The monoisotopic (exact) mass is 327 g/mol. The van der Waals surface area contributed by atoms with E-state index in [9.17, 15) is 15.0 Å². The maximum absolute atomic E-state index is 12.6. The number of aromatic hydroxyl groups is 1. The number of aliphatic hydroxyl groups excluding tert-OH is 1. The summed E-state index contributed by atoms with van der Waals surface area (Å²) < 4.78 is 0. The summed E-state index contributed by atoms with van der Waals surface area (Å²) in [6.45, 7) is 1.89. The molecule has 4 rings (SSSR count). The fourth-order valence-corrected chi connectivity index (χ4v) is 4.03. The van der Waals surface area contributed by atoms with Gasteiger partial charge in [0.15, 0.2) is 0 Å². The third kappa shape index (κ3) is 2.61. The first-order valence-electron chi connectivity index (χ1n) is 8.39. The van der Waals surface area contributed by atoms with Crippen LogP contribution in [-0.2, 0) is 0 Å². The summed E-state index contributed by atoms with van der Waals surface area (Å²) >= 11 is 0. The highest BCUT2D eigenvalue weighted by Crippen LogP contribution is 2.33. The van der Waals surface area contributed by atoms with Crippen LogP contribution in [0.3, 0.4) is 0 Å². The molecule has 1 saturated heterocycles. The van der Waals surface area contributed by atoms with Gasteiger partial charge in [0.1, 0.15) is 5.75 Å². The Morgan fingerprint density at radius 1 is 1.21 bits per heavy atom. The second-order valence-electron chi connectivity index (χ2n) is 6.86. The molecule has 0 unspecified atom stereocenters. The van der Waals surface area contributed by atoms with Crippen LogP contribution in [0.2, 0.25) is 0 Å². The highest BCUT2D eigenvalue weighted by Gasteiger charge is 2.39. The lowest BCUT2D eigenvalue weighted by molar-refractivity contribution is 0.0461. The number of pyridine rings is 1. The number of carbonyl (C=O) groups excluding carboxylic acids is 1. The minimum atomic E-state index is -0.540. The van der Waals surface area contributed by atoms with E-state index in [2.05, 4.69) is 15.6 Å². The zero-order valence-electron chi connectivity index (χ0n) is 13.3. The van der Waals surface area contributed by atoms with E-state index in [4.69, 9.17) is 0 Å². The maximum atomic E-state index is 12.6. The molecule has 6 nitrogen and oxygen atoms in total. The van der Waals surface area contributed by atoms with Gasteiger partial charge in [-0.25, -0.2) is 0 Å². The topological polar surface area (TPSA) is 94.5 Å². The number of aliphatic hydroxyl groups is 1. The Bertz CT molecular complexity index is 779. The molecular formula is C18H21N3O3. The van der Waals surface area contributed by atoms with Gasteiger partial charge in [-0.1, -0.05) is 6.07 Å². The van der Waals surface area contributed by atoms with Crippen molar-refractivity contribution in [2.45, 2.75) is 25.0 Å². The van der Waals surface area contributed by atoms with E-state index in [-0.39, 0.29) is 23.3 Å². The van der Waals surface area contributed by atoms with Crippen LogP contribution >= 0.6 is 0 Å². The zero-order valence-corrected chi connectivity index (χ0v) is 13.3. The van der Waals surface area contributed by atoms with E-state index in [0.717, 1.165) is 24.9 Å². The zero-order chi connectivity index (χ0) is 16.7. The minimum absolute atomic E-state index is 0.0434. The average molecular weight is 327 g/mol. The third-order valence-electron chi connectivity index (χ3n) is 5.40.